The fourth-order valence-corrected chi connectivity index (χ4v) is 3.19. The van der Waals surface area contributed by atoms with E-state index in [0.29, 0.717) is 12.1 Å². The van der Waals surface area contributed by atoms with Gasteiger partial charge in [-0.25, -0.2) is 9.37 Å². The summed E-state index contributed by atoms with van der Waals surface area (Å²) in [5, 5.41) is 0. The first-order valence-electron chi connectivity index (χ1n) is 6.64. The molecular weight excluding hydrogens is 307 g/mol. The topological polar surface area (TPSA) is 17.8 Å². The van der Waals surface area contributed by atoms with Crippen molar-refractivity contribution in [2.75, 3.05) is 0 Å². The van der Waals surface area contributed by atoms with Gasteiger partial charge in [-0.05, 0) is 50.8 Å². The SMILES string of the molecule is Cc1nc2c(n1Cc1cc(Br)ccc1F)CCCC2. The van der Waals surface area contributed by atoms with Crippen molar-refractivity contribution >= 4 is 15.9 Å². The number of fused-ring (bicyclic) bond motifs is 1. The van der Waals surface area contributed by atoms with Gasteiger partial charge in [-0.1, -0.05) is 15.9 Å². The van der Waals surface area contributed by atoms with Gasteiger partial charge in [-0.3, -0.25) is 0 Å². The van der Waals surface area contributed by atoms with E-state index in [4.69, 9.17) is 0 Å². The van der Waals surface area contributed by atoms with Crippen molar-refractivity contribution in [2.24, 2.45) is 0 Å². The predicted octanol–water partition coefficient (Wildman–Crippen LogP) is 4.02. The Hall–Kier alpha value is -1.16. The van der Waals surface area contributed by atoms with Crippen LogP contribution in [0.4, 0.5) is 4.39 Å². The van der Waals surface area contributed by atoms with E-state index in [1.165, 1.54) is 30.3 Å². The second-order valence-electron chi connectivity index (χ2n) is 5.08. The normalized spacial score (nSPS) is 14.5. The Balaban J connectivity index is 1.99. The van der Waals surface area contributed by atoms with Gasteiger partial charge in [-0.2, -0.15) is 0 Å². The Morgan fingerprint density at radius 3 is 2.95 bits per heavy atom. The first-order chi connectivity index (χ1) is 9.15. The first-order valence-corrected chi connectivity index (χ1v) is 7.43. The number of rotatable bonds is 2. The van der Waals surface area contributed by atoms with E-state index in [0.717, 1.165) is 23.1 Å². The summed E-state index contributed by atoms with van der Waals surface area (Å²) >= 11 is 3.40. The maximum atomic E-state index is 13.9. The molecule has 19 heavy (non-hydrogen) atoms. The van der Waals surface area contributed by atoms with Crippen molar-refractivity contribution in [3.05, 3.63) is 51.3 Å². The van der Waals surface area contributed by atoms with Gasteiger partial charge < -0.3 is 4.57 Å². The van der Waals surface area contributed by atoms with Crippen molar-refractivity contribution in [1.82, 2.24) is 9.55 Å². The molecular formula is C15H16BrFN2. The fraction of sp³-hybridized carbons (Fsp3) is 0.400. The Bertz CT molecular complexity index is 619. The Labute approximate surface area is 120 Å². The molecule has 0 bridgehead atoms. The Morgan fingerprint density at radius 1 is 1.32 bits per heavy atom. The van der Waals surface area contributed by atoms with Gasteiger partial charge in [0, 0.05) is 15.7 Å². The summed E-state index contributed by atoms with van der Waals surface area (Å²) in [5.74, 6) is 0.840. The van der Waals surface area contributed by atoms with Crippen molar-refractivity contribution in [3.8, 4) is 0 Å². The van der Waals surface area contributed by atoms with E-state index in [1.807, 2.05) is 13.0 Å². The third kappa shape index (κ3) is 2.46. The molecule has 0 unspecified atom stereocenters. The highest BCUT2D eigenvalue weighted by Gasteiger charge is 2.18. The van der Waals surface area contributed by atoms with E-state index in [2.05, 4.69) is 25.5 Å². The minimum atomic E-state index is -0.152. The third-order valence-corrected chi connectivity index (χ3v) is 4.25. The lowest BCUT2D eigenvalue weighted by molar-refractivity contribution is 0.581. The number of halogens is 2. The average molecular weight is 323 g/mol. The zero-order chi connectivity index (χ0) is 13.4. The number of hydrogen-bond donors (Lipinski definition) is 0. The molecule has 0 fully saturated rings. The van der Waals surface area contributed by atoms with E-state index < -0.39 is 0 Å². The Kier molecular flexibility index (Phi) is 3.44. The molecule has 1 aromatic heterocycles. The lowest BCUT2D eigenvalue weighted by atomic mass is 10.0. The number of aryl methyl sites for hydroxylation is 2. The van der Waals surface area contributed by atoms with Crippen molar-refractivity contribution in [3.63, 3.8) is 0 Å². The number of imidazole rings is 1. The summed E-state index contributed by atoms with van der Waals surface area (Å²) in [7, 11) is 0. The van der Waals surface area contributed by atoms with Crippen LogP contribution in [0.1, 0.15) is 35.6 Å². The van der Waals surface area contributed by atoms with Crippen molar-refractivity contribution < 1.29 is 4.39 Å². The molecule has 100 valence electrons. The van der Waals surface area contributed by atoms with Crippen LogP contribution >= 0.6 is 15.9 Å². The number of aromatic nitrogens is 2. The summed E-state index contributed by atoms with van der Waals surface area (Å²) in [6.07, 6.45) is 4.55. The molecule has 0 saturated heterocycles. The predicted molar refractivity (Wildman–Crippen MR) is 76.8 cm³/mol. The highest BCUT2D eigenvalue weighted by atomic mass is 79.9. The molecule has 0 saturated carbocycles. The van der Waals surface area contributed by atoms with Gasteiger partial charge in [0.05, 0.1) is 12.2 Å². The van der Waals surface area contributed by atoms with Gasteiger partial charge in [0.25, 0.3) is 0 Å². The summed E-state index contributed by atoms with van der Waals surface area (Å²) in [6.45, 7) is 2.58. The molecule has 1 aliphatic rings. The van der Waals surface area contributed by atoms with E-state index in [9.17, 15) is 4.39 Å². The van der Waals surface area contributed by atoms with Crippen LogP contribution in [0.3, 0.4) is 0 Å². The lowest BCUT2D eigenvalue weighted by Crippen LogP contribution is -2.11. The number of hydrogen-bond acceptors (Lipinski definition) is 1. The molecule has 2 aromatic rings. The van der Waals surface area contributed by atoms with Crippen molar-refractivity contribution in [1.29, 1.82) is 0 Å². The molecule has 1 heterocycles. The first kappa shape index (κ1) is 12.9. The molecule has 0 N–H and O–H groups in total. The maximum Gasteiger partial charge on any atom is 0.128 e. The maximum absolute atomic E-state index is 13.9. The minimum Gasteiger partial charge on any atom is -0.327 e. The second-order valence-corrected chi connectivity index (χ2v) is 6.00. The molecule has 1 aliphatic carbocycles. The summed E-state index contributed by atoms with van der Waals surface area (Å²) in [6, 6.07) is 5.09. The average Bonchev–Trinajstić information content (AvgIpc) is 2.71. The van der Waals surface area contributed by atoms with Crippen LogP contribution in [-0.4, -0.2) is 9.55 Å². The standard InChI is InChI=1S/C15H16BrFN2/c1-10-18-14-4-2-3-5-15(14)19(10)9-11-8-12(16)6-7-13(11)17/h6-8H,2-5,9H2,1H3. The van der Waals surface area contributed by atoms with Gasteiger partial charge in [0.1, 0.15) is 11.6 Å². The zero-order valence-electron chi connectivity index (χ0n) is 10.9. The fourth-order valence-electron chi connectivity index (χ4n) is 2.78. The number of benzene rings is 1. The van der Waals surface area contributed by atoms with Crippen LogP contribution in [-0.2, 0) is 19.4 Å². The quantitative estimate of drug-likeness (QED) is 0.816. The van der Waals surface area contributed by atoms with Gasteiger partial charge >= 0.3 is 0 Å². The highest BCUT2D eigenvalue weighted by Crippen LogP contribution is 2.24. The van der Waals surface area contributed by atoms with Crippen LogP contribution in [0, 0.1) is 12.7 Å². The van der Waals surface area contributed by atoms with Gasteiger partial charge in [0.2, 0.25) is 0 Å². The molecule has 0 spiro atoms. The lowest BCUT2D eigenvalue weighted by Gasteiger charge is -2.15. The van der Waals surface area contributed by atoms with Crippen molar-refractivity contribution in [2.45, 2.75) is 39.2 Å². The Morgan fingerprint density at radius 2 is 2.11 bits per heavy atom. The largest absolute Gasteiger partial charge is 0.327 e. The zero-order valence-corrected chi connectivity index (χ0v) is 12.5. The van der Waals surface area contributed by atoms with Gasteiger partial charge in [0.15, 0.2) is 0 Å². The van der Waals surface area contributed by atoms with Crippen LogP contribution in [0.25, 0.3) is 0 Å². The van der Waals surface area contributed by atoms with Gasteiger partial charge in [-0.15, -0.1) is 0 Å². The van der Waals surface area contributed by atoms with E-state index in [1.54, 1.807) is 6.07 Å². The monoisotopic (exact) mass is 322 g/mol. The minimum absolute atomic E-state index is 0.152. The third-order valence-electron chi connectivity index (χ3n) is 3.76. The highest BCUT2D eigenvalue weighted by molar-refractivity contribution is 9.10. The molecule has 0 aliphatic heterocycles. The summed E-state index contributed by atoms with van der Waals surface area (Å²) in [5.41, 5.74) is 3.21. The molecule has 1 aromatic carbocycles. The molecule has 0 amide bonds. The van der Waals surface area contributed by atoms with E-state index >= 15 is 0 Å². The van der Waals surface area contributed by atoms with E-state index in [-0.39, 0.29) is 5.82 Å². The summed E-state index contributed by atoms with van der Waals surface area (Å²) in [4.78, 5) is 4.63. The van der Waals surface area contributed by atoms with Crippen LogP contribution < -0.4 is 0 Å². The molecule has 3 rings (SSSR count). The van der Waals surface area contributed by atoms with Crippen LogP contribution in [0.5, 0.6) is 0 Å². The smallest absolute Gasteiger partial charge is 0.128 e. The summed E-state index contributed by atoms with van der Waals surface area (Å²) < 4.78 is 16.9. The second kappa shape index (κ2) is 5.08. The molecule has 0 radical (unpaired) electrons. The molecule has 2 nitrogen and oxygen atoms in total. The van der Waals surface area contributed by atoms with Crippen LogP contribution in [0.15, 0.2) is 22.7 Å². The molecule has 4 heteroatoms. The molecule has 0 atom stereocenters. The number of nitrogens with zero attached hydrogens (tertiary/aromatic N) is 2. The van der Waals surface area contributed by atoms with Crippen LogP contribution in [0.2, 0.25) is 0 Å².